The second-order valence-corrected chi connectivity index (χ2v) is 5.56. The predicted molar refractivity (Wildman–Crippen MR) is 83.8 cm³/mol. The van der Waals surface area contributed by atoms with E-state index >= 15 is 0 Å². The SMILES string of the molecule is COCCNC(=O)C(C)N(Cc1ccccc1N)C1CC1. The second-order valence-electron chi connectivity index (χ2n) is 5.56. The number of hydrogen-bond donors (Lipinski definition) is 2. The van der Waals surface area contributed by atoms with Crippen LogP contribution in [0.4, 0.5) is 5.69 Å². The van der Waals surface area contributed by atoms with Crippen molar-refractivity contribution in [1.82, 2.24) is 10.2 Å². The second kappa shape index (κ2) is 7.43. The van der Waals surface area contributed by atoms with E-state index in [0.29, 0.717) is 19.2 Å². The topological polar surface area (TPSA) is 67.6 Å². The quantitative estimate of drug-likeness (QED) is 0.561. The van der Waals surface area contributed by atoms with Crippen molar-refractivity contribution < 1.29 is 9.53 Å². The lowest BCUT2D eigenvalue weighted by Gasteiger charge is -2.28. The van der Waals surface area contributed by atoms with Gasteiger partial charge in [-0.25, -0.2) is 0 Å². The maximum Gasteiger partial charge on any atom is 0.237 e. The highest BCUT2D eigenvalue weighted by molar-refractivity contribution is 5.81. The number of anilines is 1. The number of carbonyl (C=O) groups is 1. The van der Waals surface area contributed by atoms with Gasteiger partial charge in [0, 0.05) is 31.9 Å². The Hall–Kier alpha value is -1.59. The molecule has 0 bridgehead atoms. The smallest absolute Gasteiger partial charge is 0.237 e. The first-order valence-corrected chi connectivity index (χ1v) is 7.49. The highest BCUT2D eigenvalue weighted by Crippen LogP contribution is 2.31. The van der Waals surface area contributed by atoms with Gasteiger partial charge in [0.1, 0.15) is 0 Å². The first kappa shape index (κ1) is 15.8. The van der Waals surface area contributed by atoms with Gasteiger partial charge in [0.15, 0.2) is 0 Å². The van der Waals surface area contributed by atoms with Crippen LogP contribution in [-0.2, 0) is 16.1 Å². The summed E-state index contributed by atoms with van der Waals surface area (Å²) in [6.07, 6.45) is 2.31. The first-order chi connectivity index (χ1) is 10.1. The fraction of sp³-hybridized carbons (Fsp3) is 0.562. The van der Waals surface area contributed by atoms with Crippen molar-refractivity contribution in [2.24, 2.45) is 0 Å². The number of carbonyl (C=O) groups excluding carboxylic acids is 1. The lowest BCUT2D eigenvalue weighted by molar-refractivity contribution is -0.126. The Morgan fingerprint density at radius 1 is 1.48 bits per heavy atom. The van der Waals surface area contributed by atoms with Crippen LogP contribution in [0.25, 0.3) is 0 Å². The molecule has 1 saturated carbocycles. The molecule has 116 valence electrons. The molecular formula is C16H25N3O2. The van der Waals surface area contributed by atoms with Crippen LogP contribution in [0.15, 0.2) is 24.3 Å². The summed E-state index contributed by atoms with van der Waals surface area (Å²) in [6.45, 7) is 3.76. The highest BCUT2D eigenvalue weighted by Gasteiger charge is 2.35. The number of benzene rings is 1. The van der Waals surface area contributed by atoms with Crippen LogP contribution in [0, 0.1) is 0 Å². The van der Waals surface area contributed by atoms with Crippen LogP contribution in [0.5, 0.6) is 0 Å². The van der Waals surface area contributed by atoms with Gasteiger partial charge in [0.05, 0.1) is 12.6 Å². The van der Waals surface area contributed by atoms with E-state index in [-0.39, 0.29) is 11.9 Å². The average Bonchev–Trinajstić information content (AvgIpc) is 3.30. The minimum absolute atomic E-state index is 0.0495. The molecule has 1 fully saturated rings. The normalized spacial score (nSPS) is 16.0. The van der Waals surface area contributed by atoms with Gasteiger partial charge in [0.2, 0.25) is 5.91 Å². The van der Waals surface area contributed by atoms with Crippen LogP contribution in [0.2, 0.25) is 0 Å². The Bertz CT molecular complexity index is 474. The summed E-state index contributed by atoms with van der Waals surface area (Å²) in [7, 11) is 1.63. The number of ether oxygens (including phenoxy) is 1. The van der Waals surface area contributed by atoms with Gasteiger partial charge in [-0.05, 0) is 31.4 Å². The summed E-state index contributed by atoms with van der Waals surface area (Å²) in [5, 5.41) is 2.91. The molecule has 1 aliphatic carbocycles. The summed E-state index contributed by atoms with van der Waals surface area (Å²) in [5.41, 5.74) is 7.89. The zero-order valence-corrected chi connectivity index (χ0v) is 12.8. The molecular weight excluding hydrogens is 266 g/mol. The molecule has 1 aromatic carbocycles. The van der Waals surface area contributed by atoms with Gasteiger partial charge in [-0.15, -0.1) is 0 Å². The highest BCUT2D eigenvalue weighted by atomic mass is 16.5. The molecule has 1 aromatic rings. The number of nitrogens with one attached hydrogen (secondary N) is 1. The molecule has 0 heterocycles. The maximum atomic E-state index is 12.2. The van der Waals surface area contributed by atoms with Crippen molar-refractivity contribution in [3.05, 3.63) is 29.8 Å². The lowest BCUT2D eigenvalue weighted by Crippen LogP contribution is -2.46. The van der Waals surface area contributed by atoms with Crippen molar-refractivity contribution in [1.29, 1.82) is 0 Å². The fourth-order valence-electron chi connectivity index (χ4n) is 2.44. The Labute approximate surface area is 126 Å². The largest absolute Gasteiger partial charge is 0.398 e. The Balaban J connectivity index is 1.98. The molecule has 0 aromatic heterocycles. The van der Waals surface area contributed by atoms with Crippen LogP contribution >= 0.6 is 0 Å². The Morgan fingerprint density at radius 2 is 2.19 bits per heavy atom. The van der Waals surface area contributed by atoms with Crippen LogP contribution < -0.4 is 11.1 Å². The number of nitrogens with zero attached hydrogens (tertiary/aromatic N) is 1. The van der Waals surface area contributed by atoms with Gasteiger partial charge < -0.3 is 15.8 Å². The third-order valence-corrected chi connectivity index (χ3v) is 3.91. The molecule has 0 spiro atoms. The molecule has 1 unspecified atom stereocenters. The van der Waals surface area contributed by atoms with E-state index in [4.69, 9.17) is 10.5 Å². The molecule has 1 aliphatic rings. The van der Waals surface area contributed by atoms with Gasteiger partial charge in [-0.3, -0.25) is 9.69 Å². The van der Waals surface area contributed by atoms with Crippen molar-refractivity contribution in [2.75, 3.05) is 26.0 Å². The van der Waals surface area contributed by atoms with Crippen LogP contribution in [0.3, 0.4) is 0 Å². The van der Waals surface area contributed by atoms with E-state index in [0.717, 1.165) is 30.6 Å². The maximum absolute atomic E-state index is 12.2. The van der Waals surface area contributed by atoms with Gasteiger partial charge in [-0.2, -0.15) is 0 Å². The van der Waals surface area contributed by atoms with E-state index in [1.807, 2.05) is 31.2 Å². The number of rotatable bonds is 8. The minimum atomic E-state index is -0.158. The lowest BCUT2D eigenvalue weighted by atomic mass is 10.1. The molecule has 0 aliphatic heterocycles. The summed E-state index contributed by atoms with van der Waals surface area (Å²) in [6, 6.07) is 8.19. The number of para-hydroxylation sites is 1. The molecule has 5 heteroatoms. The van der Waals surface area contributed by atoms with E-state index in [2.05, 4.69) is 10.2 Å². The molecule has 3 N–H and O–H groups in total. The van der Waals surface area contributed by atoms with Gasteiger partial charge >= 0.3 is 0 Å². The Morgan fingerprint density at radius 3 is 2.81 bits per heavy atom. The van der Waals surface area contributed by atoms with E-state index < -0.39 is 0 Å². The van der Waals surface area contributed by atoms with Crippen molar-refractivity contribution >= 4 is 11.6 Å². The molecule has 0 radical (unpaired) electrons. The molecule has 5 nitrogen and oxygen atoms in total. The van der Waals surface area contributed by atoms with Crippen molar-refractivity contribution in [3.63, 3.8) is 0 Å². The average molecular weight is 291 g/mol. The zero-order chi connectivity index (χ0) is 15.2. The van der Waals surface area contributed by atoms with Crippen molar-refractivity contribution in [3.8, 4) is 0 Å². The molecule has 1 amide bonds. The van der Waals surface area contributed by atoms with Gasteiger partial charge in [0.25, 0.3) is 0 Å². The van der Waals surface area contributed by atoms with E-state index in [9.17, 15) is 4.79 Å². The van der Waals surface area contributed by atoms with Crippen molar-refractivity contribution in [2.45, 2.75) is 38.4 Å². The minimum Gasteiger partial charge on any atom is -0.398 e. The number of amides is 1. The fourth-order valence-corrected chi connectivity index (χ4v) is 2.44. The number of nitrogens with two attached hydrogens (primary N) is 1. The van der Waals surface area contributed by atoms with Gasteiger partial charge in [-0.1, -0.05) is 18.2 Å². The summed E-state index contributed by atoms with van der Waals surface area (Å²) < 4.78 is 4.96. The molecule has 2 rings (SSSR count). The Kier molecular flexibility index (Phi) is 5.59. The standard InChI is InChI=1S/C16H25N3O2/c1-12(16(20)18-9-10-21-2)19(14-7-8-14)11-13-5-3-4-6-15(13)17/h3-6,12,14H,7-11,17H2,1-2H3,(H,18,20). The number of nitrogen functional groups attached to an aromatic ring is 1. The number of methoxy groups -OCH3 is 1. The summed E-state index contributed by atoms with van der Waals surface area (Å²) in [4.78, 5) is 14.5. The number of hydrogen-bond acceptors (Lipinski definition) is 4. The summed E-state index contributed by atoms with van der Waals surface area (Å²) in [5.74, 6) is 0.0495. The molecule has 21 heavy (non-hydrogen) atoms. The van der Waals surface area contributed by atoms with E-state index in [1.165, 1.54) is 0 Å². The zero-order valence-electron chi connectivity index (χ0n) is 12.8. The van der Waals surface area contributed by atoms with E-state index in [1.54, 1.807) is 7.11 Å². The summed E-state index contributed by atoms with van der Waals surface area (Å²) >= 11 is 0. The molecule has 1 atom stereocenters. The monoisotopic (exact) mass is 291 g/mol. The van der Waals surface area contributed by atoms with Crippen LogP contribution in [-0.4, -0.2) is 43.2 Å². The predicted octanol–water partition coefficient (Wildman–Crippen LogP) is 1.38. The third-order valence-electron chi connectivity index (χ3n) is 3.91. The molecule has 0 saturated heterocycles. The van der Waals surface area contributed by atoms with Crippen LogP contribution in [0.1, 0.15) is 25.3 Å². The first-order valence-electron chi connectivity index (χ1n) is 7.49. The third kappa shape index (κ3) is 4.44.